The van der Waals surface area contributed by atoms with E-state index in [0.29, 0.717) is 45.8 Å². The van der Waals surface area contributed by atoms with Gasteiger partial charge >= 0.3 is 0 Å². The van der Waals surface area contributed by atoms with E-state index in [0.717, 1.165) is 11.0 Å². The standard InChI is InChI=1S/C26H27N3O6/c1-31-20-11-10-16(12-21(20)32-2)26(30)29(15-24-27-18-8-6-7-9-19(18)28-24)17-13-22(33-3)25(35-5)23(14-17)34-4/h6-14H,15H2,1-5H3,(H,27,28). The molecule has 0 spiro atoms. The predicted octanol–water partition coefficient (Wildman–Crippen LogP) is 4.45. The zero-order chi connectivity index (χ0) is 24.9. The Bertz CT molecular complexity index is 1290. The van der Waals surface area contributed by atoms with E-state index in [1.165, 1.54) is 28.4 Å². The molecule has 3 aromatic carbocycles. The average molecular weight is 478 g/mol. The van der Waals surface area contributed by atoms with Gasteiger partial charge in [-0.25, -0.2) is 4.98 Å². The molecule has 9 heteroatoms. The first-order valence-electron chi connectivity index (χ1n) is 10.8. The molecule has 0 saturated carbocycles. The van der Waals surface area contributed by atoms with Gasteiger partial charge in [0.1, 0.15) is 5.82 Å². The van der Waals surface area contributed by atoms with Gasteiger partial charge in [0.2, 0.25) is 5.75 Å². The number of H-pyrrole nitrogens is 1. The van der Waals surface area contributed by atoms with Gasteiger partial charge in [-0.05, 0) is 30.3 Å². The van der Waals surface area contributed by atoms with Crippen LogP contribution >= 0.6 is 0 Å². The Labute approximate surface area is 203 Å². The molecule has 0 aliphatic carbocycles. The van der Waals surface area contributed by atoms with Crippen molar-refractivity contribution in [3.05, 3.63) is 66.0 Å². The summed E-state index contributed by atoms with van der Waals surface area (Å²) >= 11 is 0. The Hall–Kier alpha value is -4.40. The number of rotatable bonds is 9. The van der Waals surface area contributed by atoms with Gasteiger partial charge < -0.3 is 33.6 Å². The van der Waals surface area contributed by atoms with E-state index in [9.17, 15) is 4.79 Å². The number of ether oxygens (including phenoxy) is 5. The van der Waals surface area contributed by atoms with E-state index in [2.05, 4.69) is 9.97 Å². The molecular formula is C26H27N3O6. The third-order valence-corrected chi connectivity index (χ3v) is 5.58. The minimum Gasteiger partial charge on any atom is -0.493 e. The number of hydrogen-bond acceptors (Lipinski definition) is 7. The van der Waals surface area contributed by atoms with E-state index in [4.69, 9.17) is 23.7 Å². The molecule has 9 nitrogen and oxygen atoms in total. The summed E-state index contributed by atoms with van der Waals surface area (Å²) < 4.78 is 27.2. The average Bonchev–Trinajstić information content (AvgIpc) is 3.32. The van der Waals surface area contributed by atoms with Crippen LogP contribution in [-0.4, -0.2) is 51.4 Å². The quantitative estimate of drug-likeness (QED) is 0.380. The second-order valence-corrected chi connectivity index (χ2v) is 7.55. The van der Waals surface area contributed by atoms with E-state index >= 15 is 0 Å². The second kappa shape index (κ2) is 10.3. The molecule has 4 aromatic rings. The molecule has 0 atom stereocenters. The van der Waals surface area contributed by atoms with Gasteiger partial charge in [0, 0.05) is 17.7 Å². The van der Waals surface area contributed by atoms with Crippen molar-refractivity contribution in [1.82, 2.24) is 9.97 Å². The van der Waals surface area contributed by atoms with E-state index in [1.54, 1.807) is 42.3 Å². The molecule has 0 bridgehead atoms. The van der Waals surface area contributed by atoms with Crippen LogP contribution < -0.4 is 28.6 Å². The van der Waals surface area contributed by atoms with Crippen LogP contribution in [-0.2, 0) is 6.54 Å². The molecule has 0 aliphatic heterocycles. The van der Waals surface area contributed by atoms with Crippen LogP contribution in [0.5, 0.6) is 28.7 Å². The number of aromatic nitrogens is 2. The van der Waals surface area contributed by atoms with Crippen molar-refractivity contribution in [2.24, 2.45) is 0 Å². The summed E-state index contributed by atoms with van der Waals surface area (Å²) in [5.41, 5.74) is 2.64. The van der Waals surface area contributed by atoms with Gasteiger partial charge in [0.25, 0.3) is 5.91 Å². The zero-order valence-corrected chi connectivity index (χ0v) is 20.2. The van der Waals surface area contributed by atoms with Crippen LogP contribution in [0, 0.1) is 0 Å². The number of fused-ring (bicyclic) bond motifs is 1. The number of para-hydroxylation sites is 2. The lowest BCUT2D eigenvalue weighted by molar-refractivity contribution is 0.0984. The molecule has 0 unspecified atom stereocenters. The normalized spacial score (nSPS) is 10.7. The molecule has 1 N–H and O–H groups in total. The van der Waals surface area contributed by atoms with Gasteiger partial charge in [0.15, 0.2) is 23.0 Å². The monoisotopic (exact) mass is 477 g/mol. The Morgan fingerprint density at radius 2 is 1.46 bits per heavy atom. The minimum atomic E-state index is -0.277. The number of anilines is 1. The van der Waals surface area contributed by atoms with Crippen LogP contribution in [0.4, 0.5) is 5.69 Å². The number of methoxy groups -OCH3 is 5. The van der Waals surface area contributed by atoms with Gasteiger partial charge in [-0.2, -0.15) is 0 Å². The number of hydrogen-bond donors (Lipinski definition) is 1. The molecule has 0 saturated heterocycles. The number of nitrogens with one attached hydrogen (secondary N) is 1. The molecule has 35 heavy (non-hydrogen) atoms. The topological polar surface area (TPSA) is 95.1 Å². The SMILES string of the molecule is COc1ccc(C(=O)N(Cc2nc3ccccc3[nH]2)c2cc(OC)c(OC)c(OC)c2)cc1OC. The fourth-order valence-electron chi connectivity index (χ4n) is 3.86. The maximum absolute atomic E-state index is 13.9. The van der Waals surface area contributed by atoms with Crippen LogP contribution in [0.3, 0.4) is 0 Å². The van der Waals surface area contributed by atoms with Crippen molar-refractivity contribution in [3.63, 3.8) is 0 Å². The fraction of sp³-hybridized carbons (Fsp3) is 0.231. The number of imidazole rings is 1. The molecule has 182 valence electrons. The highest BCUT2D eigenvalue weighted by Crippen LogP contribution is 2.42. The Morgan fingerprint density at radius 3 is 2.06 bits per heavy atom. The number of amides is 1. The summed E-state index contributed by atoms with van der Waals surface area (Å²) in [6.07, 6.45) is 0. The lowest BCUT2D eigenvalue weighted by Crippen LogP contribution is -2.31. The smallest absolute Gasteiger partial charge is 0.258 e. The van der Waals surface area contributed by atoms with Gasteiger partial charge in [0.05, 0.1) is 58.8 Å². The molecule has 0 aliphatic rings. The summed E-state index contributed by atoms with van der Waals surface area (Å²) in [6, 6.07) is 16.2. The summed E-state index contributed by atoms with van der Waals surface area (Å²) in [5, 5.41) is 0. The summed E-state index contributed by atoms with van der Waals surface area (Å²) in [4.78, 5) is 23.4. The van der Waals surface area contributed by atoms with Crippen molar-refractivity contribution in [2.45, 2.75) is 6.54 Å². The maximum Gasteiger partial charge on any atom is 0.258 e. The first-order chi connectivity index (χ1) is 17.0. The van der Waals surface area contributed by atoms with Crippen molar-refractivity contribution < 1.29 is 28.5 Å². The summed E-state index contributed by atoms with van der Waals surface area (Å²) in [5.74, 6) is 2.61. The van der Waals surface area contributed by atoms with Crippen LogP contribution in [0.15, 0.2) is 54.6 Å². The first kappa shape index (κ1) is 23.7. The second-order valence-electron chi connectivity index (χ2n) is 7.55. The molecule has 1 amide bonds. The number of aromatic amines is 1. The number of carbonyl (C=O) groups excluding carboxylic acids is 1. The largest absolute Gasteiger partial charge is 0.493 e. The van der Waals surface area contributed by atoms with E-state index in [-0.39, 0.29) is 12.5 Å². The van der Waals surface area contributed by atoms with Crippen LogP contribution in [0.1, 0.15) is 16.2 Å². The summed E-state index contributed by atoms with van der Waals surface area (Å²) in [7, 11) is 7.66. The van der Waals surface area contributed by atoms with Gasteiger partial charge in [-0.1, -0.05) is 12.1 Å². The molecular weight excluding hydrogens is 450 g/mol. The third kappa shape index (κ3) is 4.65. The van der Waals surface area contributed by atoms with Gasteiger partial charge in [-0.15, -0.1) is 0 Å². The van der Waals surface area contributed by atoms with Crippen molar-refractivity contribution in [3.8, 4) is 28.7 Å². The first-order valence-corrected chi connectivity index (χ1v) is 10.8. The molecule has 0 fully saturated rings. The van der Waals surface area contributed by atoms with E-state index in [1.807, 2.05) is 24.3 Å². The Kier molecular flexibility index (Phi) is 6.96. The molecule has 0 radical (unpaired) electrons. The third-order valence-electron chi connectivity index (χ3n) is 5.58. The molecule has 4 rings (SSSR count). The van der Waals surface area contributed by atoms with E-state index < -0.39 is 0 Å². The highest BCUT2D eigenvalue weighted by atomic mass is 16.5. The van der Waals surface area contributed by atoms with Crippen molar-refractivity contribution >= 4 is 22.6 Å². The number of carbonyl (C=O) groups is 1. The Balaban J connectivity index is 1.83. The molecule has 1 heterocycles. The maximum atomic E-state index is 13.9. The predicted molar refractivity (Wildman–Crippen MR) is 132 cm³/mol. The Morgan fingerprint density at radius 1 is 0.800 bits per heavy atom. The van der Waals surface area contributed by atoms with Crippen LogP contribution in [0.2, 0.25) is 0 Å². The molecule has 1 aromatic heterocycles. The fourth-order valence-corrected chi connectivity index (χ4v) is 3.86. The highest BCUT2D eigenvalue weighted by molar-refractivity contribution is 6.06. The zero-order valence-electron chi connectivity index (χ0n) is 20.2. The number of benzene rings is 3. The number of nitrogens with zero attached hydrogens (tertiary/aromatic N) is 2. The minimum absolute atomic E-state index is 0.167. The summed E-state index contributed by atoms with van der Waals surface area (Å²) in [6.45, 7) is 0.167. The van der Waals surface area contributed by atoms with Gasteiger partial charge in [-0.3, -0.25) is 4.79 Å². The van der Waals surface area contributed by atoms with Crippen LogP contribution in [0.25, 0.3) is 11.0 Å². The van der Waals surface area contributed by atoms with Crippen molar-refractivity contribution in [1.29, 1.82) is 0 Å². The van der Waals surface area contributed by atoms with Crippen molar-refractivity contribution in [2.75, 3.05) is 40.4 Å². The lowest BCUT2D eigenvalue weighted by atomic mass is 10.1. The lowest BCUT2D eigenvalue weighted by Gasteiger charge is -2.24. The highest BCUT2D eigenvalue weighted by Gasteiger charge is 2.24.